The van der Waals surface area contributed by atoms with Crippen molar-refractivity contribution in [3.05, 3.63) is 71.8 Å². The zero-order valence-corrected chi connectivity index (χ0v) is 11.8. The molecule has 3 nitrogen and oxygen atoms in total. The SMILES string of the molecule is Cc1ccc(F)cc1Cn1cc(-c2cccc(N)c2)cn1. The molecule has 0 aliphatic rings. The number of anilines is 1. The molecule has 0 saturated heterocycles. The van der Waals surface area contributed by atoms with E-state index in [0.717, 1.165) is 27.9 Å². The van der Waals surface area contributed by atoms with Gasteiger partial charge in [0.1, 0.15) is 5.82 Å². The lowest BCUT2D eigenvalue weighted by molar-refractivity contribution is 0.618. The Balaban J connectivity index is 1.87. The van der Waals surface area contributed by atoms with Crippen LogP contribution in [0.1, 0.15) is 11.1 Å². The second-order valence-electron chi connectivity index (χ2n) is 5.12. The van der Waals surface area contributed by atoms with Gasteiger partial charge in [0.2, 0.25) is 0 Å². The Morgan fingerprint density at radius 2 is 2.00 bits per heavy atom. The third-order valence-electron chi connectivity index (χ3n) is 3.50. The first-order chi connectivity index (χ1) is 10.1. The molecule has 0 atom stereocenters. The second kappa shape index (κ2) is 5.40. The largest absolute Gasteiger partial charge is 0.399 e. The third kappa shape index (κ3) is 2.94. The van der Waals surface area contributed by atoms with E-state index in [-0.39, 0.29) is 5.82 Å². The molecule has 4 heteroatoms. The fourth-order valence-corrected chi connectivity index (χ4v) is 2.30. The summed E-state index contributed by atoms with van der Waals surface area (Å²) in [7, 11) is 0. The summed E-state index contributed by atoms with van der Waals surface area (Å²) in [4.78, 5) is 0. The van der Waals surface area contributed by atoms with Gasteiger partial charge in [0.25, 0.3) is 0 Å². The Hall–Kier alpha value is -2.62. The number of benzene rings is 2. The van der Waals surface area contributed by atoms with Crippen molar-refractivity contribution in [2.75, 3.05) is 5.73 Å². The number of rotatable bonds is 3. The summed E-state index contributed by atoms with van der Waals surface area (Å²) < 4.78 is 15.1. The van der Waals surface area contributed by atoms with Crippen LogP contribution in [0, 0.1) is 12.7 Å². The summed E-state index contributed by atoms with van der Waals surface area (Å²) in [6.45, 7) is 2.52. The minimum atomic E-state index is -0.223. The molecule has 0 bridgehead atoms. The average molecular weight is 281 g/mol. The Kier molecular flexibility index (Phi) is 3.44. The number of nitrogens with zero attached hydrogens (tertiary/aromatic N) is 2. The van der Waals surface area contributed by atoms with E-state index in [0.29, 0.717) is 6.54 Å². The van der Waals surface area contributed by atoms with Gasteiger partial charge in [-0.05, 0) is 47.9 Å². The highest BCUT2D eigenvalue weighted by Crippen LogP contribution is 2.21. The number of aryl methyl sites for hydroxylation is 1. The molecule has 0 fully saturated rings. The zero-order chi connectivity index (χ0) is 14.8. The van der Waals surface area contributed by atoms with Gasteiger partial charge in [0.05, 0.1) is 12.7 Å². The van der Waals surface area contributed by atoms with Crippen molar-refractivity contribution >= 4 is 5.69 Å². The molecule has 0 radical (unpaired) electrons. The lowest BCUT2D eigenvalue weighted by Gasteiger charge is -2.06. The highest BCUT2D eigenvalue weighted by atomic mass is 19.1. The number of hydrogen-bond acceptors (Lipinski definition) is 2. The lowest BCUT2D eigenvalue weighted by atomic mass is 10.1. The number of aromatic nitrogens is 2. The van der Waals surface area contributed by atoms with Crippen LogP contribution >= 0.6 is 0 Å². The molecule has 0 amide bonds. The van der Waals surface area contributed by atoms with Crippen LogP contribution in [-0.2, 0) is 6.54 Å². The Morgan fingerprint density at radius 3 is 2.81 bits per heavy atom. The van der Waals surface area contributed by atoms with Gasteiger partial charge >= 0.3 is 0 Å². The molecule has 0 unspecified atom stereocenters. The van der Waals surface area contributed by atoms with Crippen molar-refractivity contribution in [3.8, 4) is 11.1 Å². The van der Waals surface area contributed by atoms with E-state index in [2.05, 4.69) is 5.10 Å². The van der Waals surface area contributed by atoms with Crippen LogP contribution in [0.3, 0.4) is 0 Å². The van der Waals surface area contributed by atoms with Crippen molar-refractivity contribution < 1.29 is 4.39 Å². The molecule has 0 spiro atoms. The molecular formula is C17H16FN3. The summed E-state index contributed by atoms with van der Waals surface area (Å²) in [5.74, 6) is -0.223. The molecule has 1 heterocycles. The summed E-state index contributed by atoms with van der Waals surface area (Å²) in [6.07, 6.45) is 3.74. The average Bonchev–Trinajstić information content (AvgIpc) is 2.91. The predicted molar refractivity (Wildman–Crippen MR) is 82.3 cm³/mol. The van der Waals surface area contributed by atoms with Gasteiger partial charge in [0, 0.05) is 17.4 Å². The molecule has 2 N–H and O–H groups in total. The smallest absolute Gasteiger partial charge is 0.123 e. The number of nitrogen functional groups attached to an aromatic ring is 1. The zero-order valence-electron chi connectivity index (χ0n) is 11.8. The van der Waals surface area contributed by atoms with Crippen LogP contribution in [-0.4, -0.2) is 9.78 Å². The van der Waals surface area contributed by atoms with Crippen LogP contribution in [0.25, 0.3) is 11.1 Å². The molecule has 2 aromatic carbocycles. The predicted octanol–water partition coefficient (Wildman–Crippen LogP) is 3.63. The summed E-state index contributed by atoms with van der Waals surface area (Å²) in [6, 6.07) is 12.5. The Labute approximate surface area is 122 Å². The monoisotopic (exact) mass is 281 g/mol. The number of halogens is 1. The van der Waals surface area contributed by atoms with Crippen molar-refractivity contribution in [1.29, 1.82) is 0 Å². The van der Waals surface area contributed by atoms with E-state index in [1.54, 1.807) is 23.0 Å². The molecule has 106 valence electrons. The van der Waals surface area contributed by atoms with Gasteiger partial charge in [-0.15, -0.1) is 0 Å². The van der Waals surface area contributed by atoms with E-state index in [1.165, 1.54) is 6.07 Å². The Bertz CT molecular complexity index is 777. The maximum atomic E-state index is 13.3. The quantitative estimate of drug-likeness (QED) is 0.745. The standard InChI is InChI=1S/C17H16FN3/c1-12-5-6-16(18)7-14(12)10-21-11-15(9-20-21)13-3-2-4-17(19)8-13/h2-9,11H,10,19H2,1H3. The van der Waals surface area contributed by atoms with Crippen LogP contribution in [0.5, 0.6) is 0 Å². The van der Waals surface area contributed by atoms with Crippen molar-refractivity contribution in [3.63, 3.8) is 0 Å². The molecule has 0 aliphatic carbocycles. The molecular weight excluding hydrogens is 265 g/mol. The van der Waals surface area contributed by atoms with Crippen molar-refractivity contribution in [2.45, 2.75) is 13.5 Å². The molecule has 1 aromatic heterocycles. The normalized spacial score (nSPS) is 10.8. The van der Waals surface area contributed by atoms with Crippen molar-refractivity contribution in [1.82, 2.24) is 9.78 Å². The van der Waals surface area contributed by atoms with E-state index in [1.807, 2.05) is 37.4 Å². The number of nitrogens with two attached hydrogens (primary N) is 1. The van der Waals surface area contributed by atoms with E-state index < -0.39 is 0 Å². The summed E-state index contributed by atoms with van der Waals surface area (Å²) >= 11 is 0. The minimum Gasteiger partial charge on any atom is -0.399 e. The van der Waals surface area contributed by atoms with Gasteiger partial charge < -0.3 is 5.73 Å². The van der Waals surface area contributed by atoms with Crippen molar-refractivity contribution in [2.24, 2.45) is 0 Å². The molecule has 0 aliphatic heterocycles. The van der Waals surface area contributed by atoms with Crippen LogP contribution in [0.4, 0.5) is 10.1 Å². The van der Waals surface area contributed by atoms with Crippen LogP contribution in [0.15, 0.2) is 54.9 Å². The molecule has 3 rings (SSSR count). The molecule has 3 aromatic rings. The van der Waals surface area contributed by atoms with E-state index in [9.17, 15) is 4.39 Å². The van der Waals surface area contributed by atoms with E-state index in [4.69, 9.17) is 5.73 Å². The summed E-state index contributed by atoms with van der Waals surface area (Å²) in [5.41, 5.74) is 10.5. The van der Waals surface area contributed by atoms with E-state index >= 15 is 0 Å². The van der Waals surface area contributed by atoms with Crippen LogP contribution < -0.4 is 5.73 Å². The van der Waals surface area contributed by atoms with Gasteiger partial charge in [-0.3, -0.25) is 4.68 Å². The second-order valence-corrected chi connectivity index (χ2v) is 5.12. The first-order valence-electron chi connectivity index (χ1n) is 6.75. The van der Waals surface area contributed by atoms with Crippen LogP contribution in [0.2, 0.25) is 0 Å². The maximum Gasteiger partial charge on any atom is 0.123 e. The maximum absolute atomic E-state index is 13.3. The van der Waals surface area contributed by atoms with Gasteiger partial charge in [-0.25, -0.2) is 4.39 Å². The highest BCUT2D eigenvalue weighted by Gasteiger charge is 2.05. The topological polar surface area (TPSA) is 43.8 Å². The fourth-order valence-electron chi connectivity index (χ4n) is 2.30. The lowest BCUT2D eigenvalue weighted by Crippen LogP contribution is -2.02. The molecule has 0 saturated carbocycles. The third-order valence-corrected chi connectivity index (χ3v) is 3.50. The molecule has 21 heavy (non-hydrogen) atoms. The minimum absolute atomic E-state index is 0.223. The van der Waals surface area contributed by atoms with Gasteiger partial charge in [0.15, 0.2) is 0 Å². The first-order valence-corrected chi connectivity index (χ1v) is 6.75. The van der Waals surface area contributed by atoms with Gasteiger partial charge in [-0.1, -0.05) is 18.2 Å². The van der Waals surface area contributed by atoms with Gasteiger partial charge in [-0.2, -0.15) is 5.10 Å². The fraction of sp³-hybridized carbons (Fsp3) is 0.118. The summed E-state index contributed by atoms with van der Waals surface area (Å²) in [5, 5.41) is 4.34. The number of hydrogen-bond donors (Lipinski definition) is 1. The first kappa shape index (κ1) is 13.4. The highest BCUT2D eigenvalue weighted by molar-refractivity contribution is 5.65. The Morgan fingerprint density at radius 1 is 1.14 bits per heavy atom.